The minimum Gasteiger partial charge on any atom is -0.468 e. The molecule has 3 heterocycles. The van der Waals surface area contributed by atoms with Gasteiger partial charge in [-0.1, -0.05) is 42.5 Å². The summed E-state index contributed by atoms with van der Waals surface area (Å²) in [6.45, 7) is 2.92. The Labute approximate surface area is 176 Å². The molecule has 2 aliphatic rings. The number of carbonyl (C=O) groups excluding carboxylic acids is 1. The molecule has 0 radical (unpaired) electrons. The van der Waals surface area contributed by atoms with Crippen molar-refractivity contribution in [2.24, 2.45) is 11.8 Å². The van der Waals surface area contributed by atoms with Crippen molar-refractivity contribution in [3.05, 3.63) is 75.7 Å². The van der Waals surface area contributed by atoms with Crippen LogP contribution in [0.15, 0.2) is 53.3 Å². The summed E-state index contributed by atoms with van der Waals surface area (Å²) in [5, 5.41) is 10.2. The molecule has 2 aromatic rings. The zero-order valence-corrected chi connectivity index (χ0v) is 17.4. The number of methoxy groups -OCH3 is 1. The molecule has 4 atom stereocenters. The number of hydrogen-bond acceptors (Lipinski definition) is 5. The molecule has 2 aliphatic heterocycles. The fraction of sp³-hybridized carbons (Fsp3) is 0.417. The van der Waals surface area contributed by atoms with Gasteiger partial charge < -0.3 is 14.4 Å². The Morgan fingerprint density at radius 1 is 1.23 bits per heavy atom. The van der Waals surface area contributed by atoms with Gasteiger partial charge in [-0.3, -0.25) is 14.5 Å². The Morgan fingerprint density at radius 2 is 2.00 bits per heavy atom. The van der Waals surface area contributed by atoms with Gasteiger partial charge in [0.1, 0.15) is 6.04 Å². The summed E-state index contributed by atoms with van der Waals surface area (Å²) in [6, 6.07) is 13.4. The first-order valence-corrected chi connectivity index (χ1v) is 10.5. The Balaban J connectivity index is 1.73. The first-order valence-electron chi connectivity index (χ1n) is 10.5. The molecule has 0 unspecified atom stereocenters. The number of benzene rings is 1. The van der Waals surface area contributed by atoms with Crippen LogP contribution in [0.2, 0.25) is 0 Å². The van der Waals surface area contributed by atoms with Crippen LogP contribution in [0.4, 0.5) is 0 Å². The standard InChI is InChI=1S/C24H28N2O4/c1-3-7-17-10-11-20-21-18(14-26(20)23(17)28)19(15-27)22(24(29)30-2)25(21)13-12-16-8-5-4-6-9-16/h3-11,18-19,21-22,27H,12-15H2,1-2H3/t18-,19-,21+,22-/m1/s1. The van der Waals surface area contributed by atoms with E-state index in [2.05, 4.69) is 17.0 Å². The maximum atomic E-state index is 13.0. The van der Waals surface area contributed by atoms with Gasteiger partial charge in [0.15, 0.2) is 0 Å². The van der Waals surface area contributed by atoms with Crippen LogP contribution in [-0.2, 0) is 22.5 Å². The van der Waals surface area contributed by atoms with Crippen LogP contribution in [0, 0.1) is 11.8 Å². The SMILES string of the molecule is CC=Cc1ccc2n(c1=O)C[C@@H]1[C@@H](CO)[C@H](C(=O)OC)N(CCc3ccccc3)[C@H]21. The number of rotatable bonds is 6. The van der Waals surface area contributed by atoms with Gasteiger partial charge >= 0.3 is 5.97 Å². The summed E-state index contributed by atoms with van der Waals surface area (Å²) in [4.78, 5) is 27.8. The normalized spacial score (nSPS) is 25.4. The number of nitrogens with zero attached hydrogens (tertiary/aromatic N) is 2. The Morgan fingerprint density at radius 3 is 2.67 bits per heavy atom. The average Bonchev–Trinajstić information content (AvgIpc) is 3.29. The molecule has 0 saturated carbocycles. The van der Waals surface area contributed by atoms with Gasteiger partial charge in [-0.2, -0.15) is 0 Å². The third-order valence-corrected chi connectivity index (χ3v) is 6.51. The summed E-state index contributed by atoms with van der Waals surface area (Å²) < 4.78 is 6.92. The number of aliphatic hydroxyl groups is 1. The highest BCUT2D eigenvalue weighted by molar-refractivity contribution is 5.77. The quantitative estimate of drug-likeness (QED) is 0.743. The molecule has 0 bridgehead atoms. The lowest BCUT2D eigenvalue weighted by atomic mass is 9.88. The molecule has 0 amide bonds. The fourth-order valence-electron chi connectivity index (χ4n) is 5.18. The molecule has 0 spiro atoms. The van der Waals surface area contributed by atoms with Crippen molar-refractivity contribution in [2.75, 3.05) is 20.3 Å². The first kappa shape index (κ1) is 20.6. The maximum absolute atomic E-state index is 13.0. The largest absolute Gasteiger partial charge is 0.468 e. The molecule has 6 nitrogen and oxygen atoms in total. The molecule has 30 heavy (non-hydrogen) atoms. The van der Waals surface area contributed by atoms with E-state index >= 15 is 0 Å². The number of esters is 1. The molecule has 0 aliphatic carbocycles. The highest BCUT2D eigenvalue weighted by atomic mass is 16.5. The minimum atomic E-state index is -0.516. The highest BCUT2D eigenvalue weighted by Gasteiger charge is 2.55. The van der Waals surface area contributed by atoms with Gasteiger partial charge in [-0.15, -0.1) is 0 Å². The van der Waals surface area contributed by atoms with Crippen molar-refractivity contribution in [3.8, 4) is 0 Å². The number of allylic oxidation sites excluding steroid dienone is 1. The van der Waals surface area contributed by atoms with Crippen LogP contribution in [0.3, 0.4) is 0 Å². The molecule has 1 fully saturated rings. The summed E-state index contributed by atoms with van der Waals surface area (Å²) in [6.07, 6.45) is 4.45. The van der Waals surface area contributed by atoms with Gasteiger partial charge in [0.25, 0.3) is 5.56 Å². The smallest absolute Gasteiger partial charge is 0.323 e. The van der Waals surface area contributed by atoms with E-state index in [-0.39, 0.29) is 36.0 Å². The molecule has 1 aromatic carbocycles. The zero-order valence-electron chi connectivity index (χ0n) is 17.4. The van der Waals surface area contributed by atoms with E-state index in [0.717, 1.165) is 12.1 Å². The minimum absolute atomic E-state index is 0.0107. The van der Waals surface area contributed by atoms with E-state index in [1.807, 2.05) is 54.0 Å². The number of fused-ring (bicyclic) bond motifs is 3. The van der Waals surface area contributed by atoms with Crippen molar-refractivity contribution < 1.29 is 14.6 Å². The monoisotopic (exact) mass is 408 g/mol. The van der Waals surface area contributed by atoms with Crippen molar-refractivity contribution in [1.29, 1.82) is 0 Å². The van der Waals surface area contributed by atoms with E-state index in [1.165, 1.54) is 12.7 Å². The van der Waals surface area contributed by atoms with Crippen molar-refractivity contribution in [3.63, 3.8) is 0 Å². The molecule has 1 N–H and O–H groups in total. The van der Waals surface area contributed by atoms with Crippen molar-refractivity contribution >= 4 is 12.0 Å². The molecule has 6 heteroatoms. The number of hydrogen-bond donors (Lipinski definition) is 1. The van der Waals surface area contributed by atoms with Crippen LogP contribution >= 0.6 is 0 Å². The number of ether oxygens (including phenoxy) is 1. The Bertz CT molecular complexity index is 998. The van der Waals surface area contributed by atoms with Crippen LogP contribution in [-0.4, -0.2) is 46.8 Å². The number of aromatic nitrogens is 1. The van der Waals surface area contributed by atoms with Gasteiger partial charge in [0.05, 0.1) is 13.2 Å². The molecular formula is C24H28N2O4. The number of aliphatic hydroxyl groups excluding tert-OH is 1. The van der Waals surface area contributed by atoms with Crippen LogP contribution in [0.5, 0.6) is 0 Å². The maximum Gasteiger partial charge on any atom is 0.323 e. The highest BCUT2D eigenvalue weighted by Crippen LogP contribution is 2.49. The lowest BCUT2D eigenvalue weighted by Gasteiger charge is -2.29. The first-order chi connectivity index (χ1) is 14.6. The van der Waals surface area contributed by atoms with Crippen molar-refractivity contribution in [1.82, 2.24) is 9.47 Å². The van der Waals surface area contributed by atoms with Gasteiger partial charge in [0.2, 0.25) is 0 Å². The molecule has 1 aromatic heterocycles. The predicted octanol–water partition coefficient (Wildman–Crippen LogP) is 2.26. The summed E-state index contributed by atoms with van der Waals surface area (Å²) in [7, 11) is 1.39. The number of carbonyl (C=O) groups is 1. The third-order valence-electron chi connectivity index (χ3n) is 6.51. The van der Waals surface area contributed by atoms with E-state index < -0.39 is 6.04 Å². The molecular weight excluding hydrogens is 380 g/mol. The molecule has 158 valence electrons. The fourth-order valence-corrected chi connectivity index (χ4v) is 5.18. The second-order valence-corrected chi connectivity index (χ2v) is 8.03. The third kappa shape index (κ3) is 3.40. The Kier molecular flexibility index (Phi) is 5.88. The summed E-state index contributed by atoms with van der Waals surface area (Å²) in [5.74, 6) is -0.609. The summed E-state index contributed by atoms with van der Waals surface area (Å²) >= 11 is 0. The van der Waals surface area contributed by atoms with Gasteiger partial charge in [0, 0.05) is 42.8 Å². The lowest BCUT2D eigenvalue weighted by Crippen LogP contribution is -2.44. The van der Waals surface area contributed by atoms with E-state index in [4.69, 9.17) is 4.74 Å². The summed E-state index contributed by atoms with van der Waals surface area (Å²) in [5.41, 5.74) is 2.73. The topological polar surface area (TPSA) is 71.8 Å². The molecule has 1 saturated heterocycles. The average molecular weight is 408 g/mol. The second kappa shape index (κ2) is 8.58. The van der Waals surface area contributed by atoms with Gasteiger partial charge in [-0.05, 0) is 31.0 Å². The van der Waals surface area contributed by atoms with Crippen molar-refractivity contribution in [2.45, 2.75) is 32.0 Å². The lowest BCUT2D eigenvalue weighted by molar-refractivity contribution is -0.148. The van der Waals surface area contributed by atoms with E-state index in [0.29, 0.717) is 18.7 Å². The zero-order chi connectivity index (χ0) is 21.3. The number of pyridine rings is 1. The van der Waals surface area contributed by atoms with Gasteiger partial charge in [-0.25, -0.2) is 0 Å². The van der Waals surface area contributed by atoms with Crippen LogP contribution in [0.1, 0.15) is 29.8 Å². The van der Waals surface area contributed by atoms with Crippen LogP contribution < -0.4 is 5.56 Å². The van der Waals surface area contributed by atoms with E-state index in [1.54, 1.807) is 0 Å². The van der Waals surface area contributed by atoms with Crippen LogP contribution in [0.25, 0.3) is 6.08 Å². The second-order valence-electron chi connectivity index (χ2n) is 8.03. The Hall–Kier alpha value is -2.70. The molecule has 4 rings (SSSR count). The number of likely N-dealkylation sites (tertiary alicyclic amines) is 1. The predicted molar refractivity (Wildman–Crippen MR) is 115 cm³/mol. The van der Waals surface area contributed by atoms with E-state index in [9.17, 15) is 14.7 Å².